The summed E-state index contributed by atoms with van der Waals surface area (Å²) in [6.07, 6.45) is 21.6. The van der Waals surface area contributed by atoms with Gasteiger partial charge in [0.25, 0.3) is 0 Å². The standard InChI is InChI=1S/C26H50NO4PS/c1-4-6-7-8-9-10-11-12-13-14-15-16-17-18-19-20-22-30-32(28,29)31-23-21-26-25(3)27(5-2)24-33-26/h24H,4-23H2,1-3H3/p+1. The first-order chi connectivity index (χ1) is 16.0. The maximum atomic E-state index is 12.0. The van der Waals surface area contributed by atoms with Crippen molar-refractivity contribution in [2.45, 2.75) is 136 Å². The van der Waals surface area contributed by atoms with E-state index in [1.807, 2.05) is 0 Å². The fraction of sp³-hybridized carbons (Fsp3) is 0.885. The molecule has 0 saturated heterocycles. The number of rotatable bonds is 23. The second-order valence-corrected chi connectivity index (χ2v) is 11.6. The van der Waals surface area contributed by atoms with Crippen LogP contribution < -0.4 is 4.57 Å². The molecule has 0 saturated carbocycles. The van der Waals surface area contributed by atoms with Gasteiger partial charge >= 0.3 is 7.82 Å². The smallest absolute Gasteiger partial charge is 0.302 e. The summed E-state index contributed by atoms with van der Waals surface area (Å²) < 4.78 is 24.5. The van der Waals surface area contributed by atoms with Gasteiger partial charge in [0.05, 0.1) is 18.1 Å². The molecule has 7 heteroatoms. The molecular formula is C26H51NO4PS+. The van der Waals surface area contributed by atoms with Gasteiger partial charge in [-0.25, -0.2) is 4.57 Å². The summed E-state index contributed by atoms with van der Waals surface area (Å²) >= 11 is 1.66. The molecule has 194 valence electrons. The van der Waals surface area contributed by atoms with E-state index in [1.54, 1.807) is 11.3 Å². The molecule has 1 unspecified atom stereocenters. The minimum Gasteiger partial charge on any atom is -0.302 e. The van der Waals surface area contributed by atoms with Gasteiger partial charge < -0.3 is 4.89 Å². The van der Waals surface area contributed by atoms with Crippen molar-refractivity contribution in [1.29, 1.82) is 0 Å². The molecule has 0 bridgehead atoms. The molecule has 33 heavy (non-hydrogen) atoms. The summed E-state index contributed by atoms with van der Waals surface area (Å²) in [6.45, 7) is 7.88. The minimum atomic E-state index is -3.94. The molecule has 0 amide bonds. The van der Waals surface area contributed by atoms with Crippen LogP contribution in [0.3, 0.4) is 0 Å². The number of aryl methyl sites for hydroxylation is 1. The van der Waals surface area contributed by atoms with Crippen LogP contribution in [0.15, 0.2) is 5.51 Å². The number of thiazole rings is 1. The third-order valence-corrected chi connectivity index (χ3v) is 8.49. The molecule has 0 fully saturated rings. The van der Waals surface area contributed by atoms with Gasteiger partial charge in [-0.15, -0.1) is 0 Å². The van der Waals surface area contributed by atoms with E-state index < -0.39 is 7.82 Å². The van der Waals surface area contributed by atoms with Crippen molar-refractivity contribution in [3.63, 3.8) is 0 Å². The first-order valence-corrected chi connectivity index (χ1v) is 16.0. The molecule has 0 aromatic carbocycles. The Hall–Kier alpha value is -0.260. The molecule has 0 aliphatic heterocycles. The van der Waals surface area contributed by atoms with E-state index in [1.165, 1.54) is 100 Å². The zero-order valence-corrected chi connectivity index (χ0v) is 23.4. The average Bonchev–Trinajstić information content (AvgIpc) is 3.15. The van der Waals surface area contributed by atoms with Crippen molar-refractivity contribution in [2.24, 2.45) is 0 Å². The number of nitrogens with zero attached hydrogens (tertiary/aromatic N) is 1. The molecule has 1 aromatic rings. The maximum Gasteiger partial charge on any atom is 0.472 e. The average molecular weight is 505 g/mol. The lowest BCUT2D eigenvalue weighted by Gasteiger charge is -2.11. The van der Waals surface area contributed by atoms with Gasteiger partial charge in [-0.2, -0.15) is 4.57 Å². The topological polar surface area (TPSA) is 59.6 Å². The second kappa shape index (κ2) is 20.0. The van der Waals surface area contributed by atoms with Gasteiger partial charge in [-0.1, -0.05) is 115 Å². The van der Waals surface area contributed by atoms with Gasteiger partial charge in [0.2, 0.25) is 5.51 Å². The number of phosphoric acid groups is 1. The van der Waals surface area contributed by atoms with Crippen molar-refractivity contribution in [3.05, 3.63) is 16.1 Å². The van der Waals surface area contributed by atoms with Crippen LogP contribution in [-0.4, -0.2) is 18.1 Å². The summed E-state index contributed by atoms with van der Waals surface area (Å²) in [4.78, 5) is 11.0. The van der Waals surface area contributed by atoms with Gasteiger partial charge in [0.15, 0.2) is 5.69 Å². The summed E-state index contributed by atoms with van der Waals surface area (Å²) in [7, 11) is -3.94. The third-order valence-electron chi connectivity index (χ3n) is 6.33. The minimum absolute atomic E-state index is 0.206. The lowest BCUT2D eigenvalue weighted by molar-refractivity contribution is -0.694. The van der Waals surface area contributed by atoms with E-state index in [4.69, 9.17) is 9.05 Å². The van der Waals surface area contributed by atoms with Gasteiger partial charge in [0, 0.05) is 13.3 Å². The number of hydrogen-bond acceptors (Lipinski definition) is 4. The normalized spacial score (nSPS) is 13.5. The van der Waals surface area contributed by atoms with Crippen molar-refractivity contribution < 1.29 is 23.1 Å². The molecular weight excluding hydrogens is 453 g/mol. The monoisotopic (exact) mass is 504 g/mol. The molecule has 1 heterocycles. The van der Waals surface area contributed by atoms with Crippen LogP contribution in [0, 0.1) is 6.92 Å². The van der Waals surface area contributed by atoms with Crippen LogP contribution in [-0.2, 0) is 26.6 Å². The molecule has 0 aliphatic carbocycles. The van der Waals surface area contributed by atoms with E-state index in [0.29, 0.717) is 13.0 Å². The zero-order valence-electron chi connectivity index (χ0n) is 21.7. The Bertz CT molecular complexity index is 638. The number of phosphoric ester groups is 1. The van der Waals surface area contributed by atoms with Gasteiger partial charge in [0.1, 0.15) is 6.54 Å². The molecule has 1 rings (SSSR count). The third kappa shape index (κ3) is 16.1. The Morgan fingerprint density at radius 1 is 0.788 bits per heavy atom. The van der Waals surface area contributed by atoms with Crippen LogP contribution in [0.1, 0.15) is 127 Å². The van der Waals surface area contributed by atoms with Crippen molar-refractivity contribution in [1.82, 2.24) is 0 Å². The summed E-state index contributed by atoms with van der Waals surface area (Å²) in [5, 5.41) is 0. The van der Waals surface area contributed by atoms with E-state index >= 15 is 0 Å². The summed E-state index contributed by atoms with van der Waals surface area (Å²) in [5.41, 5.74) is 3.28. The van der Waals surface area contributed by atoms with E-state index in [0.717, 1.165) is 19.4 Å². The van der Waals surface area contributed by atoms with Crippen LogP contribution in [0.2, 0.25) is 0 Å². The summed E-state index contributed by atoms with van der Waals surface area (Å²) in [5.74, 6) is 0. The molecule has 1 N–H and O–H groups in total. The van der Waals surface area contributed by atoms with E-state index in [-0.39, 0.29) is 6.61 Å². The van der Waals surface area contributed by atoms with E-state index in [2.05, 4.69) is 30.8 Å². The lowest BCUT2D eigenvalue weighted by Crippen LogP contribution is -2.32. The first kappa shape index (κ1) is 30.8. The number of aromatic nitrogens is 1. The fourth-order valence-corrected chi connectivity index (χ4v) is 5.93. The lowest BCUT2D eigenvalue weighted by atomic mass is 10.0. The highest BCUT2D eigenvalue weighted by Crippen LogP contribution is 2.43. The molecule has 1 atom stereocenters. The zero-order chi connectivity index (χ0) is 24.2. The van der Waals surface area contributed by atoms with Crippen molar-refractivity contribution >= 4 is 19.2 Å². The Kier molecular flexibility index (Phi) is 18.6. The highest BCUT2D eigenvalue weighted by molar-refractivity contribution is 7.47. The molecule has 0 radical (unpaired) electrons. The van der Waals surface area contributed by atoms with Gasteiger partial charge in [-0.05, 0) is 13.3 Å². The molecule has 1 aromatic heterocycles. The Balaban J connectivity index is 1.87. The molecule has 0 aliphatic rings. The number of unbranched alkanes of at least 4 members (excludes halogenated alkanes) is 15. The maximum absolute atomic E-state index is 12.0. The fourth-order valence-electron chi connectivity index (χ4n) is 4.12. The Morgan fingerprint density at radius 3 is 1.70 bits per heavy atom. The summed E-state index contributed by atoms with van der Waals surface area (Å²) in [6, 6.07) is 0. The van der Waals surface area contributed by atoms with Gasteiger partial charge in [-0.3, -0.25) is 9.05 Å². The largest absolute Gasteiger partial charge is 0.472 e. The van der Waals surface area contributed by atoms with Crippen LogP contribution in [0.5, 0.6) is 0 Å². The predicted molar refractivity (Wildman–Crippen MR) is 140 cm³/mol. The highest BCUT2D eigenvalue weighted by Gasteiger charge is 2.21. The quantitative estimate of drug-likeness (QED) is 0.0925. The second-order valence-electron chi connectivity index (χ2n) is 9.21. The Labute approximate surface area is 207 Å². The van der Waals surface area contributed by atoms with Crippen LogP contribution in [0.25, 0.3) is 0 Å². The van der Waals surface area contributed by atoms with Crippen LogP contribution in [0.4, 0.5) is 0 Å². The van der Waals surface area contributed by atoms with Crippen molar-refractivity contribution in [2.75, 3.05) is 13.2 Å². The Morgan fingerprint density at radius 2 is 1.24 bits per heavy atom. The highest BCUT2D eigenvalue weighted by atomic mass is 32.1. The van der Waals surface area contributed by atoms with E-state index in [9.17, 15) is 9.46 Å². The first-order valence-electron chi connectivity index (χ1n) is 13.6. The predicted octanol–water partition coefficient (Wildman–Crippen LogP) is 8.30. The molecule has 5 nitrogen and oxygen atoms in total. The number of hydrogen-bond donors (Lipinski definition) is 1. The SMILES string of the molecule is CCCCCCCCCCCCCCCCCCOP(=O)(O)OCCc1sc[n+](CC)c1C. The van der Waals surface area contributed by atoms with Crippen molar-refractivity contribution in [3.8, 4) is 0 Å². The van der Waals surface area contributed by atoms with Crippen LogP contribution >= 0.6 is 19.2 Å². The molecule has 0 spiro atoms.